The Kier molecular flexibility index (Phi) is 5.16. The van der Waals surface area contributed by atoms with E-state index in [2.05, 4.69) is 24.1 Å². The van der Waals surface area contributed by atoms with Crippen molar-refractivity contribution in [2.24, 2.45) is 0 Å². The van der Waals surface area contributed by atoms with E-state index in [4.69, 9.17) is 4.98 Å². The molecule has 0 aromatic carbocycles. The Morgan fingerprint density at radius 2 is 2.35 bits per heavy atom. The standard InChI is InChI=1S/C15H24N2O2S/c1-4-13(15(18)19)17-7-5-6-11(8-17)14-16-12(9-20-14)10(2)3/h9-11,13H,4-8H2,1-3H3,(H,18,19). The van der Waals surface area contributed by atoms with Gasteiger partial charge in [0.1, 0.15) is 6.04 Å². The van der Waals surface area contributed by atoms with Crippen LogP contribution in [0.25, 0.3) is 0 Å². The number of likely N-dealkylation sites (tertiary alicyclic amines) is 1. The highest BCUT2D eigenvalue weighted by molar-refractivity contribution is 7.09. The number of rotatable bonds is 5. The zero-order valence-electron chi connectivity index (χ0n) is 12.5. The summed E-state index contributed by atoms with van der Waals surface area (Å²) in [5.41, 5.74) is 1.16. The van der Waals surface area contributed by atoms with Gasteiger partial charge in [-0.2, -0.15) is 0 Å². The summed E-state index contributed by atoms with van der Waals surface area (Å²) < 4.78 is 0. The fourth-order valence-corrected chi connectivity index (χ4v) is 3.94. The average molecular weight is 296 g/mol. The lowest BCUT2D eigenvalue weighted by Gasteiger charge is -2.35. The molecular weight excluding hydrogens is 272 g/mol. The maximum Gasteiger partial charge on any atom is 0.320 e. The summed E-state index contributed by atoms with van der Waals surface area (Å²) in [6.07, 6.45) is 2.85. The lowest BCUT2D eigenvalue weighted by Crippen LogP contribution is -2.45. The quantitative estimate of drug-likeness (QED) is 0.905. The SMILES string of the molecule is CCC(C(=O)O)N1CCCC(c2nc(C(C)C)cs2)C1. The Hall–Kier alpha value is -0.940. The van der Waals surface area contributed by atoms with Crippen LogP contribution in [-0.4, -0.2) is 40.1 Å². The van der Waals surface area contributed by atoms with Crippen LogP contribution >= 0.6 is 11.3 Å². The number of piperidine rings is 1. The summed E-state index contributed by atoms with van der Waals surface area (Å²) in [5, 5.41) is 12.6. The lowest BCUT2D eigenvalue weighted by atomic mass is 9.96. The van der Waals surface area contributed by atoms with Gasteiger partial charge in [-0.3, -0.25) is 9.69 Å². The van der Waals surface area contributed by atoms with Crippen molar-refractivity contribution in [2.45, 2.75) is 57.9 Å². The minimum atomic E-state index is -0.699. The van der Waals surface area contributed by atoms with E-state index in [1.54, 1.807) is 11.3 Å². The summed E-state index contributed by atoms with van der Waals surface area (Å²) in [6, 6.07) is -0.345. The maximum atomic E-state index is 11.3. The molecule has 4 nitrogen and oxygen atoms in total. The van der Waals surface area contributed by atoms with Gasteiger partial charge >= 0.3 is 5.97 Å². The van der Waals surface area contributed by atoms with Crippen LogP contribution in [0.4, 0.5) is 0 Å². The number of thiazole rings is 1. The average Bonchev–Trinajstić information content (AvgIpc) is 2.89. The third-order valence-corrected chi connectivity index (χ3v) is 5.07. The van der Waals surface area contributed by atoms with E-state index in [1.165, 1.54) is 5.01 Å². The number of carboxylic acids is 1. The summed E-state index contributed by atoms with van der Waals surface area (Å²) in [6.45, 7) is 7.98. The van der Waals surface area contributed by atoms with E-state index in [9.17, 15) is 9.90 Å². The first-order valence-electron chi connectivity index (χ1n) is 7.45. The van der Waals surface area contributed by atoms with Crippen molar-refractivity contribution in [1.29, 1.82) is 0 Å². The third-order valence-electron chi connectivity index (χ3n) is 4.05. The molecule has 1 aromatic rings. The molecule has 0 aliphatic carbocycles. The molecule has 20 heavy (non-hydrogen) atoms. The van der Waals surface area contributed by atoms with Gasteiger partial charge in [-0.15, -0.1) is 11.3 Å². The molecule has 2 rings (SSSR count). The molecule has 112 valence electrons. The van der Waals surface area contributed by atoms with Crippen molar-refractivity contribution < 1.29 is 9.90 Å². The molecule has 0 spiro atoms. The first-order chi connectivity index (χ1) is 9.52. The van der Waals surface area contributed by atoms with Crippen LogP contribution < -0.4 is 0 Å². The monoisotopic (exact) mass is 296 g/mol. The van der Waals surface area contributed by atoms with E-state index in [-0.39, 0.29) is 6.04 Å². The van der Waals surface area contributed by atoms with Gasteiger partial charge in [-0.05, 0) is 31.7 Å². The van der Waals surface area contributed by atoms with Gasteiger partial charge in [0.2, 0.25) is 0 Å². The van der Waals surface area contributed by atoms with E-state index in [1.807, 2.05) is 6.92 Å². The van der Waals surface area contributed by atoms with Crippen molar-refractivity contribution in [3.63, 3.8) is 0 Å². The van der Waals surface area contributed by atoms with Crippen molar-refractivity contribution in [3.8, 4) is 0 Å². The summed E-state index contributed by atoms with van der Waals surface area (Å²) in [7, 11) is 0. The fourth-order valence-electron chi connectivity index (χ4n) is 2.83. The Bertz CT molecular complexity index is 458. The van der Waals surface area contributed by atoms with Gasteiger partial charge in [0.25, 0.3) is 0 Å². The second kappa shape index (κ2) is 6.68. The summed E-state index contributed by atoms with van der Waals surface area (Å²) in [4.78, 5) is 18.2. The largest absolute Gasteiger partial charge is 0.480 e. The van der Waals surface area contributed by atoms with Crippen molar-refractivity contribution in [1.82, 2.24) is 9.88 Å². The number of nitrogens with zero attached hydrogens (tertiary/aromatic N) is 2. The molecule has 1 fully saturated rings. The predicted molar refractivity (Wildman–Crippen MR) is 81.5 cm³/mol. The van der Waals surface area contributed by atoms with Gasteiger partial charge in [0.15, 0.2) is 0 Å². The number of carboxylic acid groups (broad SMARTS) is 1. The molecule has 0 bridgehead atoms. The first kappa shape index (κ1) is 15.4. The third kappa shape index (κ3) is 3.38. The summed E-state index contributed by atoms with van der Waals surface area (Å²) >= 11 is 1.73. The molecule has 0 radical (unpaired) electrons. The van der Waals surface area contributed by atoms with Gasteiger partial charge in [0.05, 0.1) is 10.7 Å². The Morgan fingerprint density at radius 3 is 2.90 bits per heavy atom. The van der Waals surface area contributed by atoms with Gasteiger partial charge in [-0.1, -0.05) is 20.8 Å². The van der Waals surface area contributed by atoms with Crippen molar-refractivity contribution >= 4 is 17.3 Å². The highest BCUT2D eigenvalue weighted by Crippen LogP contribution is 2.31. The molecule has 1 saturated heterocycles. The van der Waals surface area contributed by atoms with E-state index < -0.39 is 5.97 Å². The molecule has 0 amide bonds. The number of hydrogen-bond donors (Lipinski definition) is 1. The first-order valence-corrected chi connectivity index (χ1v) is 8.33. The zero-order valence-corrected chi connectivity index (χ0v) is 13.3. The normalized spacial score (nSPS) is 22.1. The predicted octanol–water partition coefficient (Wildman–Crippen LogP) is 3.31. The van der Waals surface area contributed by atoms with Crippen LogP contribution in [0.15, 0.2) is 5.38 Å². The molecule has 0 saturated carbocycles. The van der Waals surface area contributed by atoms with Gasteiger partial charge < -0.3 is 5.11 Å². The van der Waals surface area contributed by atoms with Gasteiger partial charge in [-0.25, -0.2) is 4.98 Å². The second-order valence-corrected chi connectivity index (χ2v) is 6.75. The minimum absolute atomic E-state index is 0.345. The number of carbonyl (C=O) groups is 1. The smallest absolute Gasteiger partial charge is 0.320 e. The molecule has 5 heteroatoms. The molecule has 1 aliphatic heterocycles. The van der Waals surface area contributed by atoms with E-state index >= 15 is 0 Å². The summed E-state index contributed by atoms with van der Waals surface area (Å²) in [5.74, 6) is 0.159. The molecule has 1 N–H and O–H groups in total. The van der Waals surface area contributed by atoms with Crippen molar-refractivity contribution in [3.05, 3.63) is 16.1 Å². The van der Waals surface area contributed by atoms with Crippen LogP contribution in [0, 0.1) is 0 Å². The van der Waals surface area contributed by atoms with Gasteiger partial charge in [0, 0.05) is 17.8 Å². The van der Waals surface area contributed by atoms with E-state index in [0.717, 1.165) is 31.6 Å². The van der Waals surface area contributed by atoms with Crippen LogP contribution in [0.5, 0.6) is 0 Å². The second-order valence-electron chi connectivity index (χ2n) is 5.86. The molecular formula is C15H24N2O2S. The highest BCUT2D eigenvalue weighted by Gasteiger charge is 2.30. The topological polar surface area (TPSA) is 53.4 Å². The lowest BCUT2D eigenvalue weighted by molar-refractivity contribution is -0.144. The molecule has 1 aliphatic rings. The van der Waals surface area contributed by atoms with E-state index in [0.29, 0.717) is 18.3 Å². The Balaban J connectivity index is 2.07. The Morgan fingerprint density at radius 1 is 1.60 bits per heavy atom. The fraction of sp³-hybridized carbons (Fsp3) is 0.733. The number of aromatic nitrogens is 1. The zero-order chi connectivity index (χ0) is 14.7. The Labute approximate surface area is 124 Å². The molecule has 2 atom stereocenters. The number of aliphatic carboxylic acids is 1. The van der Waals surface area contributed by atoms with Crippen molar-refractivity contribution in [2.75, 3.05) is 13.1 Å². The minimum Gasteiger partial charge on any atom is -0.480 e. The molecule has 1 aromatic heterocycles. The van der Waals surface area contributed by atoms with Crippen LogP contribution in [0.1, 0.15) is 62.6 Å². The van der Waals surface area contributed by atoms with Crippen LogP contribution in [0.3, 0.4) is 0 Å². The number of hydrogen-bond acceptors (Lipinski definition) is 4. The highest BCUT2D eigenvalue weighted by atomic mass is 32.1. The maximum absolute atomic E-state index is 11.3. The molecule has 2 unspecified atom stereocenters. The molecule has 2 heterocycles. The van der Waals surface area contributed by atoms with Crippen LogP contribution in [0.2, 0.25) is 0 Å². The van der Waals surface area contributed by atoms with Crippen LogP contribution in [-0.2, 0) is 4.79 Å².